The van der Waals surface area contributed by atoms with E-state index >= 15 is 0 Å². The number of nitrogens with zero attached hydrogens (tertiary/aromatic N) is 2. The van der Waals surface area contributed by atoms with Gasteiger partial charge >= 0.3 is 0 Å². The van der Waals surface area contributed by atoms with E-state index in [9.17, 15) is 0 Å². The number of allylic oxidation sites excluding steroid dienone is 2. The van der Waals surface area contributed by atoms with Crippen molar-refractivity contribution in [2.75, 3.05) is 19.8 Å². The highest BCUT2D eigenvalue weighted by molar-refractivity contribution is 5.91. The van der Waals surface area contributed by atoms with Gasteiger partial charge in [-0.25, -0.2) is 0 Å². The maximum Gasteiger partial charge on any atom is 0.126 e. The highest BCUT2D eigenvalue weighted by Gasteiger charge is 2.06. The SMILES string of the molecule is CC.CN=C/C(NC)=C(\C)c1cn[nH]c1N. The molecule has 0 spiro atoms. The third-order valence-corrected chi connectivity index (χ3v) is 2.00. The second-order valence-electron chi connectivity index (χ2n) is 2.87. The van der Waals surface area contributed by atoms with Gasteiger partial charge in [0.2, 0.25) is 0 Å². The number of nitrogens with one attached hydrogen (secondary N) is 2. The quantitative estimate of drug-likeness (QED) is 0.682. The molecule has 0 saturated heterocycles. The monoisotopic (exact) mass is 223 g/mol. The van der Waals surface area contributed by atoms with Crippen LogP contribution in [0.4, 0.5) is 5.82 Å². The van der Waals surface area contributed by atoms with Crippen LogP contribution in [0.25, 0.3) is 5.57 Å². The summed E-state index contributed by atoms with van der Waals surface area (Å²) < 4.78 is 0. The molecule has 16 heavy (non-hydrogen) atoms. The Morgan fingerprint density at radius 1 is 1.56 bits per heavy atom. The topological polar surface area (TPSA) is 79.1 Å². The molecule has 1 aromatic heterocycles. The lowest BCUT2D eigenvalue weighted by Gasteiger charge is -2.05. The molecule has 0 aliphatic carbocycles. The normalized spacial score (nSPS) is 11.8. The Balaban J connectivity index is 0.00000106. The first-order valence-corrected chi connectivity index (χ1v) is 5.30. The van der Waals surface area contributed by atoms with E-state index < -0.39 is 0 Å². The number of aliphatic imine (C=N–C) groups is 1. The lowest BCUT2D eigenvalue weighted by Crippen LogP contribution is -2.09. The summed E-state index contributed by atoms with van der Waals surface area (Å²) in [7, 11) is 3.57. The first kappa shape index (κ1) is 14.2. The van der Waals surface area contributed by atoms with Gasteiger partial charge in [0.05, 0.1) is 11.9 Å². The first-order valence-electron chi connectivity index (χ1n) is 5.30. The summed E-state index contributed by atoms with van der Waals surface area (Å²) >= 11 is 0. The van der Waals surface area contributed by atoms with Crippen LogP contribution in [0.2, 0.25) is 0 Å². The molecule has 0 saturated carbocycles. The van der Waals surface area contributed by atoms with Gasteiger partial charge in [0.1, 0.15) is 5.82 Å². The van der Waals surface area contributed by atoms with Crippen LogP contribution in [0.5, 0.6) is 0 Å². The predicted octanol–water partition coefficient (Wildman–Crippen LogP) is 1.67. The maximum absolute atomic E-state index is 5.71. The van der Waals surface area contributed by atoms with Gasteiger partial charge in [-0.2, -0.15) is 5.10 Å². The molecular weight excluding hydrogens is 202 g/mol. The van der Waals surface area contributed by atoms with Crippen LogP contribution in [0.3, 0.4) is 0 Å². The number of anilines is 1. The van der Waals surface area contributed by atoms with Gasteiger partial charge in [-0.3, -0.25) is 10.1 Å². The average molecular weight is 223 g/mol. The number of nitrogen functional groups attached to an aromatic ring is 1. The largest absolute Gasteiger partial charge is 0.387 e. The lowest BCUT2D eigenvalue weighted by molar-refractivity contribution is 1.06. The Labute approximate surface area is 96.8 Å². The van der Waals surface area contributed by atoms with Gasteiger partial charge in [-0.15, -0.1) is 0 Å². The highest BCUT2D eigenvalue weighted by atomic mass is 15.1. The molecule has 0 unspecified atom stereocenters. The van der Waals surface area contributed by atoms with Crippen molar-refractivity contribution in [3.63, 3.8) is 0 Å². The molecule has 0 atom stereocenters. The summed E-state index contributed by atoms with van der Waals surface area (Å²) in [5, 5.41) is 9.61. The Kier molecular flexibility index (Phi) is 6.67. The number of hydrogen-bond acceptors (Lipinski definition) is 4. The summed E-state index contributed by atoms with van der Waals surface area (Å²) in [6.07, 6.45) is 3.45. The number of aromatic amines is 1. The molecule has 0 amide bonds. The number of rotatable bonds is 3. The lowest BCUT2D eigenvalue weighted by atomic mass is 10.1. The minimum absolute atomic E-state index is 0.569. The molecule has 0 fully saturated rings. The standard InChI is InChI=1S/C9H15N5.C2H6/c1-6(8(12-3)5-11-2)7-4-13-14-9(7)10;1-2/h4-5,12H,1-3H3,(H3,10,13,14);1-2H3/b8-6-,11-5?;. The number of hydrogen-bond donors (Lipinski definition) is 3. The first-order chi connectivity index (χ1) is 7.70. The molecule has 0 bridgehead atoms. The Bertz CT molecular complexity index is 362. The molecule has 5 nitrogen and oxygen atoms in total. The fraction of sp³-hybridized carbons (Fsp3) is 0.455. The molecule has 1 aromatic rings. The van der Waals surface area contributed by atoms with Crippen LogP contribution in [0.1, 0.15) is 26.3 Å². The molecule has 0 aromatic carbocycles. The van der Waals surface area contributed by atoms with E-state index in [0.29, 0.717) is 5.82 Å². The van der Waals surface area contributed by atoms with Gasteiger partial charge in [0.25, 0.3) is 0 Å². The van der Waals surface area contributed by atoms with Crippen molar-refractivity contribution in [3.8, 4) is 0 Å². The zero-order valence-electron chi connectivity index (χ0n) is 10.6. The molecule has 90 valence electrons. The van der Waals surface area contributed by atoms with Gasteiger partial charge < -0.3 is 11.1 Å². The Hall–Kier alpha value is -1.78. The number of nitrogens with two attached hydrogens (primary N) is 1. The van der Waals surface area contributed by atoms with Crippen LogP contribution in [0.15, 0.2) is 16.9 Å². The van der Waals surface area contributed by atoms with Crippen molar-refractivity contribution in [1.29, 1.82) is 0 Å². The van der Waals surface area contributed by atoms with Gasteiger partial charge in [-0.1, -0.05) is 13.8 Å². The van der Waals surface area contributed by atoms with Crippen LogP contribution >= 0.6 is 0 Å². The highest BCUT2D eigenvalue weighted by Crippen LogP contribution is 2.19. The van der Waals surface area contributed by atoms with Crippen LogP contribution in [-0.4, -0.2) is 30.5 Å². The van der Waals surface area contributed by atoms with Crippen molar-refractivity contribution in [2.24, 2.45) is 4.99 Å². The molecule has 5 heteroatoms. The second kappa shape index (κ2) is 7.50. The molecular formula is C11H21N5. The maximum atomic E-state index is 5.71. The van der Waals surface area contributed by atoms with Gasteiger partial charge in [0, 0.05) is 25.9 Å². The molecule has 0 radical (unpaired) electrons. The van der Waals surface area contributed by atoms with E-state index in [-0.39, 0.29) is 0 Å². The smallest absolute Gasteiger partial charge is 0.126 e. The minimum Gasteiger partial charge on any atom is -0.387 e. The zero-order valence-corrected chi connectivity index (χ0v) is 10.6. The zero-order chi connectivity index (χ0) is 12.6. The molecule has 1 heterocycles. The number of H-pyrrole nitrogens is 1. The molecule has 4 N–H and O–H groups in total. The minimum atomic E-state index is 0.569. The Morgan fingerprint density at radius 3 is 2.56 bits per heavy atom. The average Bonchev–Trinajstić information content (AvgIpc) is 2.74. The summed E-state index contributed by atoms with van der Waals surface area (Å²) in [4.78, 5) is 3.95. The van der Waals surface area contributed by atoms with Crippen molar-refractivity contribution in [1.82, 2.24) is 15.5 Å². The fourth-order valence-corrected chi connectivity index (χ4v) is 1.22. The molecule has 0 aliphatic heterocycles. The van der Waals surface area contributed by atoms with E-state index in [1.165, 1.54) is 0 Å². The second-order valence-corrected chi connectivity index (χ2v) is 2.87. The summed E-state index contributed by atoms with van der Waals surface area (Å²) in [6, 6.07) is 0. The van der Waals surface area contributed by atoms with Crippen molar-refractivity contribution in [3.05, 3.63) is 17.5 Å². The predicted molar refractivity (Wildman–Crippen MR) is 70.4 cm³/mol. The summed E-state index contributed by atoms with van der Waals surface area (Å²) in [5.74, 6) is 0.569. The fourth-order valence-electron chi connectivity index (χ4n) is 1.22. The van der Waals surface area contributed by atoms with E-state index in [0.717, 1.165) is 16.8 Å². The number of aromatic nitrogens is 2. The van der Waals surface area contributed by atoms with Crippen molar-refractivity contribution in [2.45, 2.75) is 20.8 Å². The summed E-state index contributed by atoms with van der Waals surface area (Å²) in [6.45, 7) is 5.97. The van der Waals surface area contributed by atoms with Gasteiger partial charge in [0.15, 0.2) is 0 Å². The van der Waals surface area contributed by atoms with Crippen molar-refractivity contribution < 1.29 is 0 Å². The third kappa shape index (κ3) is 3.42. The van der Waals surface area contributed by atoms with E-state index in [1.54, 1.807) is 19.5 Å². The van der Waals surface area contributed by atoms with Crippen LogP contribution in [0, 0.1) is 0 Å². The Morgan fingerprint density at radius 2 is 2.19 bits per heavy atom. The van der Waals surface area contributed by atoms with E-state index in [2.05, 4.69) is 20.5 Å². The van der Waals surface area contributed by atoms with Crippen molar-refractivity contribution >= 4 is 17.6 Å². The van der Waals surface area contributed by atoms with E-state index in [1.807, 2.05) is 27.8 Å². The van der Waals surface area contributed by atoms with Gasteiger partial charge in [-0.05, 0) is 12.5 Å². The summed E-state index contributed by atoms with van der Waals surface area (Å²) in [5.41, 5.74) is 8.55. The molecule has 1 rings (SSSR count). The van der Waals surface area contributed by atoms with E-state index in [4.69, 9.17) is 5.73 Å². The molecule has 0 aliphatic rings. The van der Waals surface area contributed by atoms with Crippen LogP contribution < -0.4 is 11.1 Å². The third-order valence-electron chi connectivity index (χ3n) is 2.00. The van der Waals surface area contributed by atoms with Crippen LogP contribution in [-0.2, 0) is 0 Å².